The first-order chi connectivity index (χ1) is 18.4. The molecule has 2 aromatic rings. The number of ether oxygens (including phenoxy) is 1. The van der Waals surface area contributed by atoms with E-state index in [9.17, 15) is 31.1 Å². The number of nitrogens with zero attached hydrogens (tertiary/aromatic N) is 2. The lowest BCUT2D eigenvalue weighted by atomic mass is 9.99. The first kappa shape index (κ1) is 29.3. The summed E-state index contributed by atoms with van der Waals surface area (Å²) >= 11 is 0.615. The van der Waals surface area contributed by atoms with Crippen molar-refractivity contribution in [2.45, 2.75) is 41.0 Å². The van der Waals surface area contributed by atoms with Crippen LogP contribution in [0.25, 0.3) is 6.08 Å². The van der Waals surface area contributed by atoms with Crippen molar-refractivity contribution in [3.05, 3.63) is 59.2 Å². The van der Waals surface area contributed by atoms with Gasteiger partial charge < -0.3 is 19.9 Å². The molecule has 2 aliphatic rings. The average molecular weight is 574 g/mol. The van der Waals surface area contributed by atoms with Crippen molar-refractivity contribution in [1.82, 2.24) is 9.80 Å². The fourth-order valence-electron chi connectivity index (χ4n) is 4.56. The van der Waals surface area contributed by atoms with Crippen LogP contribution < -0.4 is 5.32 Å². The summed E-state index contributed by atoms with van der Waals surface area (Å²) < 4.78 is 90.3. The molecular weight excluding hydrogens is 544 g/mol. The van der Waals surface area contributed by atoms with Gasteiger partial charge in [0.05, 0.1) is 11.1 Å². The Balaban J connectivity index is 1.64. The van der Waals surface area contributed by atoms with Crippen LogP contribution in [-0.4, -0.2) is 68.2 Å². The van der Waals surface area contributed by atoms with Gasteiger partial charge in [-0.15, -0.1) is 0 Å². The number of nitrogens with one attached hydrogen (secondary N) is 1. The van der Waals surface area contributed by atoms with Crippen molar-refractivity contribution < 1.29 is 35.9 Å². The van der Waals surface area contributed by atoms with E-state index >= 15 is 0 Å². The Morgan fingerprint density at radius 2 is 1.64 bits per heavy atom. The maximum atomic E-state index is 14.2. The smallest absolute Gasteiger partial charge is 0.382 e. The van der Waals surface area contributed by atoms with Crippen LogP contribution in [0.15, 0.2) is 52.3 Å². The van der Waals surface area contributed by atoms with Crippen molar-refractivity contribution >= 4 is 29.4 Å². The summed E-state index contributed by atoms with van der Waals surface area (Å²) in [6.45, 7) is 3.17. The van der Waals surface area contributed by atoms with Crippen LogP contribution in [-0.2, 0) is 21.9 Å². The zero-order valence-electron chi connectivity index (χ0n) is 21.2. The molecule has 2 aromatic carbocycles. The molecule has 0 unspecified atom stereocenters. The molecule has 0 aliphatic carbocycles. The molecule has 0 saturated carbocycles. The highest BCUT2D eigenvalue weighted by atomic mass is 32.2. The zero-order chi connectivity index (χ0) is 28.2. The Hall–Kier alpha value is -2.70. The summed E-state index contributed by atoms with van der Waals surface area (Å²) in [7, 11) is 1.88. The number of anilines is 1. The third-order valence-corrected chi connectivity index (χ3v) is 7.69. The van der Waals surface area contributed by atoms with Crippen molar-refractivity contribution in [3.63, 3.8) is 0 Å². The number of hydrogen-bond acceptors (Lipinski definition) is 5. The molecule has 0 aromatic heterocycles. The molecule has 2 saturated heterocycles. The Kier molecular flexibility index (Phi) is 9.18. The van der Waals surface area contributed by atoms with E-state index in [1.165, 1.54) is 4.90 Å². The highest BCUT2D eigenvalue weighted by molar-refractivity contribution is 7.99. The van der Waals surface area contributed by atoms with Crippen molar-refractivity contribution in [2.24, 2.45) is 0 Å². The fraction of sp³-hybridized carbons (Fsp3) is 0.444. The Morgan fingerprint density at radius 3 is 2.28 bits per heavy atom. The van der Waals surface area contributed by atoms with Gasteiger partial charge in [-0.1, -0.05) is 23.9 Å². The van der Waals surface area contributed by atoms with Gasteiger partial charge in [0.25, 0.3) is 0 Å². The summed E-state index contributed by atoms with van der Waals surface area (Å²) in [6.07, 6.45) is -7.30. The van der Waals surface area contributed by atoms with Gasteiger partial charge in [0.15, 0.2) is 0 Å². The van der Waals surface area contributed by atoms with Crippen LogP contribution in [0.4, 0.5) is 32.0 Å². The lowest BCUT2D eigenvalue weighted by molar-refractivity contribution is -0.163. The van der Waals surface area contributed by atoms with Gasteiger partial charge in [-0.25, -0.2) is 0 Å². The number of rotatable bonds is 6. The highest BCUT2D eigenvalue weighted by Gasteiger charge is 2.46. The molecule has 2 fully saturated rings. The second-order valence-corrected chi connectivity index (χ2v) is 10.6. The molecule has 39 heavy (non-hydrogen) atoms. The molecule has 2 aliphatic heterocycles. The molecule has 5 nitrogen and oxygen atoms in total. The monoisotopic (exact) mass is 573 g/mol. The second kappa shape index (κ2) is 12.2. The first-order valence-corrected chi connectivity index (χ1v) is 13.3. The molecule has 1 N–H and O–H groups in total. The maximum absolute atomic E-state index is 14.2. The van der Waals surface area contributed by atoms with Crippen molar-refractivity contribution in [1.29, 1.82) is 0 Å². The Bertz CT molecular complexity index is 1190. The van der Waals surface area contributed by atoms with Crippen LogP contribution in [0.3, 0.4) is 0 Å². The van der Waals surface area contributed by atoms with Gasteiger partial charge in [0, 0.05) is 67.0 Å². The van der Waals surface area contributed by atoms with Gasteiger partial charge in [-0.05, 0) is 55.8 Å². The minimum Gasteiger partial charge on any atom is -0.382 e. The van der Waals surface area contributed by atoms with Gasteiger partial charge >= 0.3 is 12.4 Å². The third-order valence-electron chi connectivity index (χ3n) is 6.64. The number of piperazine rings is 1. The normalized spacial score (nSPS) is 18.1. The molecule has 12 heteroatoms. The number of carbonyl (C=O) groups is 1. The molecule has 0 bridgehead atoms. The predicted molar refractivity (Wildman–Crippen MR) is 138 cm³/mol. The van der Waals surface area contributed by atoms with Crippen LogP contribution in [0, 0.1) is 0 Å². The molecule has 0 radical (unpaired) electrons. The topological polar surface area (TPSA) is 44.8 Å². The standard InChI is InChI=1S/C27H29F6N3O2S/c1-35-11-13-36(14-12-35)23(37)8-6-18-5-7-22(25(27(31,32)33)24(18)26(28,29)30)39-21-4-2-3-20(17-21)34-19-9-15-38-16-10-19/h2-8,17,19,34H,9-16H2,1H3/b8-6+. The number of alkyl halides is 6. The van der Waals surface area contributed by atoms with Gasteiger partial charge in [-0.3, -0.25) is 4.79 Å². The highest BCUT2D eigenvalue weighted by Crippen LogP contribution is 2.48. The second-order valence-electron chi connectivity index (χ2n) is 9.52. The van der Waals surface area contributed by atoms with E-state index in [-0.39, 0.29) is 6.04 Å². The third kappa shape index (κ3) is 7.70. The number of amides is 1. The number of halogens is 6. The summed E-state index contributed by atoms with van der Waals surface area (Å²) in [5.74, 6) is -0.544. The molecular formula is C27H29F6N3O2S. The Labute approximate surface area is 227 Å². The van der Waals surface area contributed by atoms with Crippen molar-refractivity contribution in [2.75, 3.05) is 51.8 Å². The average Bonchev–Trinajstić information content (AvgIpc) is 2.87. The minimum absolute atomic E-state index is 0.140. The summed E-state index contributed by atoms with van der Waals surface area (Å²) in [5.41, 5.74) is -3.62. The van der Waals surface area contributed by atoms with Crippen LogP contribution >= 0.6 is 11.8 Å². The predicted octanol–water partition coefficient (Wildman–Crippen LogP) is 6.25. The van der Waals surface area contributed by atoms with E-state index in [0.29, 0.717) is 61.7 Å². The molecule has 212 valence electrons. The maximum Gasteiger partial charge on any atom is 0.418 e. The SMILES string of the molecule is CN1CCN(C(=O)/C=C/c2ccc(Sc3cccc(NC4CCOCC4)c3)c(C(F)(F)F)c2C(F)(F)F)CC1. The minimum atomic E-state index is -5.30. The van der Waals surface area contributed by atoms with E-state index < -0.39 is 39.8 Å². The number of benzene rings is 2. The molecule has 0 atom stereocenters. The van der Waals surface area contributed by atoms with E-state index in [1.807, 2.05) is 11.9 Å². The first-order valence-electron chi connectivity index (χ1n) is 12.5. The summed E-state index contributed by atoms with van der Waals surface area (Å²) in [4.78, 5) is 15.8. The largest absolute Gasteiger partial charge is 0.418 e. The number of carbonyl (C=O) groups excluding carboxylic acids is 1. The summed E-state index contributed by atoms with van der Waals surface area (Å²) in [6, 6.07) is 8.73. The quantitative estimate of drug-likeness (QED) is 0.327. The van der Waals surface area contributed by atoms with E-state index in [0.717, 1.165) is 37.1 Å². The van der Waals surface area contributed by atoms with Gasteiger partial charge in [-0.2, -0.15) is 26.3 Å². The van der Waals surface area contributed by atoms with E-state index in [4.69, 9.17) is 4.74 Å². The lowest BCUT2D eigenvalue weighted by Gasteiger charge is -2.31. The van der Waals surface area contributed by atoms with E-state index in [2.05, 4.69) is 5.32 Å². The Morgan fingerprint density at radius 1 is 0.974 bits per heavy atom. The number of hydrogen-bond donors (Lipinski definition) is 1. The van der Waals surface area contributed by atoms with Crippen LogP contribution in [0.5, 0.6) is 0 Å². The summed E-state index contributed by atoms with van der Waals surface area (Å²) in [5, 5.41) is 3.31. The van der Waals surface area contributed by atoms with Crippen molar-refractivity contribution in [3.8, 4) is 0 Å². The number of likely N-dealkylation sites (N-methyl/N-ethyl adjacent to an activating group) is 1. The molecule has 4 rings (SSSR count). The zero-order valence-corrected chi connectivity index (χ0v) is 22.1. The van der Waals surface area contributed by atoms with Gasteiger partial charge in [0.1, 0.15) is 0 Å². The molecule has 0 spiro atoms. The fourth-order valence-corrected chi connectivity index (χ4v) is 5.60. The van der Waals surface area contributed by atoms with Crippen LogP contribution in [0.1, 0.15) is 29.5 Å². The van der Waals surface area contributed by atoms with Crippen LogP contribution in [0.2, 0.25) is 0 Å². The van der Waals surface area contributed by atoms with E-state index in [1.54, 1.807) is 24.3 Å². The molecule has 1 amide bonds. The van der Waals surface area contributed by atoms with Gasteiger partial charge in [0.2, 0.25) is 5.91 Å². The lowest BCUT2D eigenvalue weighted by Crippen LogP contribution is -2.46. The molecule has 2 heterocycles.